The number of aryl methyl sites for hydroxylation is 1. The number of nitrogens with zero attached hydrogens (tertiary/aromatic N) is 2. The number of carbonyl (C=O) groups excluding carboxylic acids is 2. The van der Waals surface area contributed by atoms with Gasteiger partial charge in [-0.2, -0.15) is 0 Å². The van der Waals surface area contributed by atoms with Crippen LogP contribution in [0.1, 0.15) is 56.6 Å². The van der Waals surface area contributed by atoms with Gasteiger partial charge in [-0.05, 0) is 92.4 Å². The molecule has 0 aromatic heterocycles. The van der Waals surface area contributed by atoms with E-state index in [0.717, 1.165) is 47.5 Å². The van der Waals surface area contributed by atoms with Crippen molar-refractivity contribution in [1.29, 1.82) is 0 Å². The van der Waals surface area contributed by atoms with Crippen LogP contribution < -0.4 is 19.1 Å². The van der Waals surface area contributed by atoms with Crippen molar-refractivity contribution < 1.29 is 27.5 Å². The molecule has 0 unspecified atom stereocenters. The van der Waals surface area contributed by atoms with Crippen molar-refractivity contribution in [3.8, 4) is 17.2 Å². The first kappa shape index (κ1) is 35.5. The van der Waals surface area contributed by atoms with Crippen LogP contribution in [-0.2, 0) is 26.2 Å². The molecule has 0 radical (unpaired) electrons. The third kappa shape index (κ3) is 9.20. The summed E-state index contributed by atoms with van der Waals surface area (Å²) in [6.07, 6.45) is 5.40. The predicted octanol–water partition coefficient (Wildman–Crippen LogP) is 7.25. The van der Waals surface area contributed by atoms with E-state index in [1.54, 1.807) is 43.5 Å². The van der Waals surface area contributed by atoms with Crippen LogP contribution in [0.15, 0.2) is 108 Å². The number of amides is 2. The second-order valence-electron chi connectivity index (χ2n) is 12.4. The maximum absolute atomic E-state index is 14.5. The second-order valence-corrected chi connectivity index (χ2v) is 14.2. The van der Waals surface area contributed by atoms with Crippen LogP contribution in [0, 0.1) is 6.92 Å². The lowest BCUT2D eigenvalue weighted by molar-refractivity contribution is -0.140. The maximum Gasteiger partial charge on any atom is 0.264 e. The molecule has 10 heteroatoms. The van der Waals surface area contributed by atoms with E-state index < -0.39 is 28.5 Å². The number of benzene rings is 4. The highest BCUT2D eigenvalue weighted by Crippen LogP contribution is 2.29. The first-order valence-electron chi connectivity index (χ1n) is 16.8. The molecule has 1 atom stereocenters. The Morgan fingerprint density at radius 2 is 1.49 bits per heavy atom. The molecule has 0 bridgehead atoms. The van der Waals surface area contributed by atoms with Crippen molar-refractivity contribution >= 4 is 27.5 Å². The monoisotopic (exact) mass is 683 g/mol. The first-order chi connectivity index (χ1) is 23.7. The normalized spacial score (nSPS) is 14.0. The summed E-state index contributed by atoms with van der Waals surface area (Å²) < 4.78 is 41.0. The molecule has 4 aromatic rings. The molecule has 1 aliphatic carbocycles. The van der Waals surface area contributed by atoms with Crippen LogP contribution in [0.2, 0.25) is 0 Å². The highest BCUT2D eigenvalue weighted by molar-refractivity contribution is 7.92. The van der Waals surface area contributed by atoms with Gasteiger partial charge in [0.25, 0.3) is 10.0 Å². The van der Waals surface area contributed by atoms with Gasteiger partial charge in [-0.25, -0.2) is 8.42 Å². The van der Waals surface area contributed by atoms with Crippen molar-refractivity contribution in [2.24, 2.45) is 0 Å². The summed E-state index contributed by atoms with van der Waals surface area (Å²) in [6, 6.07) is 28.9. The number of anilines is 1. The van der Waals surface area contributed by atoms with Crippen LogP contribution in [0.25, 0.3) is 0 Å². The van der Waals surface area contributed by atoms with E-state index in [1.165, 1.54) is 17.0 Å². The molecular formula is C39H45N3O6S. The molecule has 0 saturated heterocycles. The third-order valence-corrected chi connectivity index (χ3v) is 10.6. The van der Waals surface area contributed by atoms with E-state index in [-0.39, 0.29) is 29.1 Å². The molecule has 2 amide bonds. The SMILES string of the molecule is CC[C@H](C(=O)NC1CCCCC1)N(Cc1cccc(OC)c1)C(=O)CN(c1ccc(Oc2ccccc2)cc1)S(=O)(=O)c1ccc(C)cc1. The fraction of sp³-hybridized carbons (Fsp3) is 0.333. The molecule has 1 saturated carbocycles. The Balaban J connectivity index is 1.49. The van der Waals surface area contributed by atoms with Gasteiger partial charge in [0.15, 0.2) is 0 Å². The zero-order chi connectivity index (χ0) is 34.8. The molecular weight excluding hydrogens is 639 g/mol. The summed E-state index contributed by atoms with van der Waals surface area (Å²) in [5.74, 6) is 1.03. The highest BCUT2D eigenvalue weighted by Gasteiger charge is 2.34. The first-order valence-corrected chi connectivity index (χ1v) is 18.3. The number of hydrogen-bond acceptors (Lipinski definition) is 6. The number of methoxy groups -OCH3 is 1. The summed E-state index contributed by atoms with van der Waals surface area (Å²) in [4.78, 5) is 29.9. The van der Waals surface area contributed by atoms with Gasteiger partial charge in [-0.3, -0.25) is 13.9 Å². The number of hydrogen-bond donors (Lipinski definition) is 1. The second kappa shape index (κ2) is 16.5. The van der Waals surface area contributed by atoms with Gasteiger partial charge >= 0.3 is 0 Å². The molecule has 5 rings (SSSR count). The maximum atomic E-state index is 14.5. The predicted molar refractivity (Wildman–Crippen MR) is 191 cm³/mol. The Bertz CT molecular complexity index is 1790. The molecule has 0 heterocycles. The minimum absolute atomic E-state index is 0.0527. The van der Waals surface area contributed by atoms with E-state index in [2.05, 4.69) is 5.32 Å². The van der Waals surface area contributed by atoms with Crippen molar-refractivity contribution in [3.63, 3.8) is 0 Å². The lowest BCUT2D eigenvalue weighted by Crippen LogP contribution is -2.54. The summed E-state index contributed by atoms with van der Waals surface area (Å²) >= 11 is 0. The lowest BCUT2D eigenvalue weighted by Gasteiger charge is -2.34. The molecule has 4 aromatic carbocycles. The minimum Gasteiger partial charge on any atom is -0.497 e. The standard InChI is InChI=1S/C39H45N3O6S/c1-4-37(39(44)40-31-13-7-5-8-14-31)41(27-30-12-11-17-35(26-30)47-3)38(43)28-42(49(45,46)36-24-18-29(2)19-25-36)32-20-22-34(23-21-32)48-33-15-9-6-10-16-33/h6,9-12,15-26,31,37H,4-5,7-8,13-14,27-28H2,1-3H3,(H,40,44)/t37-/m1/s1. The average molecular weight is 684 g/mol. The summed E-state index contributed by atoms with van der Waals surface area (Å²) in [7, 11) is -2.64. The van der Waals surface area contributed by atoms with Crippen LogP contribution in [0.4, 0.5) is 5.69 Å². The van der Waals surface area contributed by atoms with Gasteiger partial charge < -0.3 is 19.7 Å². The van der Waals surface area contributed by atoms with Gasteiger partial charge in [0.05, 0.1) is 17.7 Å². The molecule has 0 spiro atoms. The fourth-order valence-corrected chi connectivity index (χ4v) is 7.52. The molecule has 9 nitrogen and oxygen atoms in total. The zero-order valence-electron chi connectivity index (χ0n) is 28.4. The average Bonchev–Trinajstić information content (AvgIpc) is 3.12. The zero-order valence-corrected chi connectivity index (χ0v) is 29.2. The summed E-state index contributed by atoms with van der Waals surface area (Å²) in [5.41, 5.74) is 1.95. The number of carbonyl (C=O) groups is 2. The van der Waals surface area contributed by atoms with Crippen LogP contribution in [0.5, 0.6) is 17.2 Å². The number of ether oxygens (including phenoxy) is 2. The molecule has 0 aliphatic heterocycles. The molecule has 1 aliphatic rings. The topological polar surface area (TPSA) is 105 Å². The Labute approximate surface area is 289 Å². The van der Waals surface area contributed by atoms with E-state index in [9.17, 15) is 18.0 Å². The number of para-hydroxylation sites is 1. The van der Waals surface area contributed by atoms with Crippen LogP contribution in [0.3, 0.4) is 0 Å². The van der Waals surface area contributed by atoms with Crippen LogP contribution in [-0.4, -0.2) is 50.9 Å². The number of rotatable bonds is 14. The van der Waals surface area contributed by atoms with Gasteiger partial charge in [0, 0.05) is 12.6 Å². The minimum atomic E-state index is -4.21. The smallest absolute Gasteiger partial charge is 0.264 e. The number of sulfonamides is 1. The van der Waals surface area contributed by atoms with Gasteiger partial charge in [-0.15, -0.1) is 0 Å². The van der Waals surface area contributed by atoms with E-state index in [0.29, 0.717) is 23.7 Å². The Morgan fingerprint density at radius 1 is 0.837 bits per heavy atom. The largest absolute Gasteiger partial charge is 0.497 e. The Morgan fingerprint density at radius 3 is 2.14 bits per heavy atom. The highest BCUT2D eigenvalue weighted by atomic mass is 32.2. The summed E-state index contributed by atoms with van der Waals surface area (Å²) in [6.45, 7) is 3.31. The third-order valence-electron chi connectivity index (χ3n) is 8.82. The molecule has 1 fully saturated rings. The van der Waals surface area contributed by atoms with Crippen molar-refractivity contribution in [2.75, 3.05) is 18.0 Å². The van der Waals surface area contributed by atoms with Gasteiger partial charge in [-0.1, -0.05) is 74.2 Å². The van der Waals surface area contributed by atoms with Crippen molar-refractivity contribution in [1.82, 2.24) is 10.2 Å². The van der Waals surface area contributed by atoms with Crippen molar-refractivity contribution in [2.45, 2.75) is 75.9 Å². The van der Waals surface area contributed by atoms with E-state index in [4.69, 9.17) is 9.47 Å². The lowest BCUT2D eigenvalue weighted by atomic mass is 9.95. The quantitative estimate of drug-likeness (QED) is 0.150. The molecule has 1 N–H and O–H groups in total. The molecule has 258 valence electrons. The molecule has 49 heavy (non-hydrogen) atoms. The van der Waals surface area contributed by atoms with Gasteiger partial charge in [0.2, 0.25) is 11.8 Å². The summed E-state index contributed by atoms with van der Waals surface area (Å²) in [5, 5.41) is 3.18. The van der Waals surface area contributed by atoms with Gasteiger partial charge in [0.1, 0.15) is 29.8 Å². The van der Waals surface area contributed by atoms with E-state index >= 15 is 0 Å². The fourth-order valence-electron chi connectivity index (χ4n) is 6.10. The van der Waals surface area contributed by atoms with Crippen molar-refractivity contribution in [3.05, 3.63) is 114 Å². The van der Waals surface area contributed by atoms with Crippen LogP contribution >= 0.6 is 0 Å². The Kier molecular flexibility index (Phi) is 12.0. The number of nitrogens with one attached hydrogen (secondary N) is 1. The van der Waals surface area contributed by atoms with E-state index in [1.807, 2.05) is 68.4 Å². The Hall–Kier alpha value is -4.83.